The average Bonchev–Trinajstić information content (AvgIpc) is 2.67. The molecule has 0 aliphatic heterocycles. The number of carboxylic acid groups (broad SMARTS) is 1. The van der Waals surface area contributed by atoms with Crippen molar-refractivity contribution in [2.45, 2.75) is 13.0 Å². The van der Waals surface area contributed by atoms with E-state index < -0.39 is 17.9 Å². The fraction of sp³-hybridized carbons (Fsp3) is 0.105. The normalized spacial score (nSPS) is 11.9. The monoisotopic (exact) mass is 421 g/mol. The molecule has 0 fully saturated rings. The molecule has 28 heavy (non-hydrogen) atoms. The molecule has 0 bridgehead atoms. The van der Waals surface area contributed by atoms with E-state index in [-0.39, 0.29) is 32.9 Å². The Morgan fingerprint density at radius 2 is 2.04 bits per heavy atom. The summed E-state index contributed by atoms with van der Waals surface area (Å²) in [7, 11) is 0. The zero-order chi connectivity index (χ0) is 20.4. The van der Waals surface area contributed by atoms with Gasteiger partial charge in [0, 0.05) is 16.1 Å². The highest BCUT2D eigenvalue weighted by molar-refractivity contribution is 6.36. The number of halogens is 3. The summed E-state index contributed by atoms with van der Waals surface area (Å²) in [5.41, 5.74) is 7.08. The quantitative estimate of drug-likeness (QED) is 0.561. The fourth-order valence-corrected chi connectivity index (χ4v) is 3.24. The number of aromatic nitrogens is 2. The van der Waals surface area contributed by atoms with Crippen molar-refractivity contribution in [2.75, 3.05) is 5.73 Å². The van der Waals surface area contributed by atoms with Gasteiger partial charge in [-0.15, -0.1) is 0 Å². The molecule has 0 saturated heterocycles. The van der Waals surface area contributed by atoms with Gasteiger partial charge in [-0.25, -0.2) is 19.2 Å². The summed E-state index contributed by atoms with van der Waals surface area (Å²) < 4.78 is 19.5. The summed E-state index contributed by atoms with van der Waals surface area (Å²) in [5, 5.41) is 9.21. The molecule has 2 aromatic carbocycles. The Bertz CT molecular complexity index is 1060. The van der Waals surface area contributed by atoms with Crippen LogP contribution in [0, 0.1) is 5.82 Å². The molecule has 0 radical (unpaired) electrons. The van der Waals surface area contributed by atoms with Crippen LogP contribution in [0.4, 0.5) is 10.2 Å². The first-order chi connectivity index (χ1) is 13.3. The Labute approximate surface area is 169 Å². The standard InChI is InChI=1S/C19H14Cl2FN3O3/c1-9(15-12(20)5-6-13(22)16(15)21)28-18-17(23)24-8-14(25-18)10-3-2-4-11(7-10)19(26)27/h2-9H,1H3,(H2,23,24)(H,26,27). The second kappa shape index (κ2) is 8.00. The Morgan fingerprint density at radius 3 is 2.75 bits per heavy atom. The molecule has 6 nitrogen and oxygen atoms in total. The molecular weight excluding hydrogens is 408 g/mol. The van der Waals surface area contributed by atoms with Gasteiger partial charge in [0.1, 0.15) is 11.9 Å². The number of nitrogens with zero attached hydrogens (tertiary/aromatic N) is 2. The smallest absolute Gasteiger partial charge is 0.335 e. The summed E-state index contributed by atoms with van der Waals surface area (Å²) in [6.07, 6.45) is 0.628. The van der Waals surface area contributed by atoms with Gasteiger partial charge in [-0.05, 0) is 31.2 Å². The lowest BCUT2D eigenvalue weighted by molar-refractivity contribution is 0.0697. The molecule has 9 heteroatoms. The highest BCUT2D eigenvalue weighted by Crippen LogP contribution is 2.35. The van der Waals surface area contributed by atoms with E-state index in [1.807, 2.05) is 0 Å². The van der Waals surface area contributed by atoms with Crippen molar-refractivity contribution in [3.8, 4) is 17.1 Å². The highest BCUT2D eigenvalue weighted by Gasteiger charge is 2.21. The minimum Gasteiger partial charge on any atom is -0.478 e. The Hall–Kier alpha value is -2.90. The van der Waals surface area contributed by atoms with Crippen LogP contribution in [0.15, 0.2) is 42.6 Å². The van der Waals surface area contributed by atoms with Crippen LogP contribution in [-0.2, 0) is 0 Å². The predicted molar refractivity (Wildman–Crippen MR) is 104 cm³/mol. The molecule has 0 aliphatic carbocycles. The van der Waals surface area contributed by atoms with Crippen LogP contribution >= 0.6 is 23.2 Å². The zero-order valence-corrected chi connectivity index (χ0v) is 16.0. The van der Waals surface area contributed by atoms with E-state index in [1.165, 1.54) is 24.4 Å². The van der Waals surface area contributed by atoms with Crippen LogP contribution in [-0.4, -0.2) is 21.0 Å². The fourth-order valence-electron chi connectivity index (χ4n) is 2.56. The molecule has 0 amide bonds. The third-order valence-electron chi connectivity index (χ3n) is 3.95. The number of benzene rings is 2. The summed E-state index contributed by atoms with van der Waals surface area (Å²) in [6, 6.07) is 8.72. The number of hydrogen-bond donors (Lipinski definition) is 2. The lowest BCUT2D eigenvalue weighted by Gasteiger charge is -2.18. The third-order valence-corrected chi connectivity index (χ3v) is 4.66. The van der Waals surface area contributed by atoms with Crippen LogP contribution < -0.4 is 10.5 Å². The van der Waals surface area contributed by atoms with Crippen LogP contribution in [0.25, 0.3) is 11.3 Å². The minimum absolute atomic E-state index is 0.00800. The number of carboxylic acids is 1. The Morgan fingerprint density at radius 1 is 1.29 bits per heavy atom. The summed E-state index contributed by atoms with van der Waals surface area (Å²) >= 11 is 12.1. The minimum atomic E-state index is -1.06. The van der Waals surface area contributed by atoms with Crippen molar-refractivity contribution in [3.05, 3.63) is 69.6 Å². The first-order valence-corrected chi connectivity index (χ1v) is 8.79. The zero-order valence-electron chi connectivity index (χ0n) is 14.5. The third kappa shape index (κ3) is 4.00. The lowest BCUT2D eigenvalue weighted by Crippen LogP contribution is -2.09. The number of rotatable bonds is 5. The second-order valence-electron chi connectivity index (χ2n) is 5.85. The number of nitrogens with two attached hydrogens (primary N) is 1. The molecular formula is C19H14Cl2FN3O3. The summed E-state index contributed by atoms with van der Waals surface area (Å²) in [5.74, 6) is -1.70. The van der Waals surface area contributed by atoms with Gasteiger partial charge in [0.25, 0.3) is 5.88 Å². The van der Waals surface area contributed by atoms with Gasteiger partial charge in [0.2, 0.25) is 0 Å². The maximum atomic E-state index is 13.8. The van der Waals surface area contributed by atoms with Gasteiger partial charge in [-0.2, -0.15) is 0 Å². The molecule has 0 saturated carbocycles. The molecule has 3 rings (SSSR count). The second-order valence-corrected chi connectivity index (χ2v) is 6.63. The van der Waals surface area contributed by atoms with Crippen molar-refractivity contribution in [2.24, 2.45) is 0 Å². The lowest BCUT2D eigenvalue weighted by atomic mass is 10.1. The maximum Gasteiger partial charge on any atom is 0.335 e. The highest BCUT2D eigenvalue weighted by atomic mass is 35.5. The SMILES string of the molecule is CC(Oc1nc(-c2cccc(C(=O)O)c2)cnc1N)c1c(Cl)ccc(F)c1Cl. The van der Waals surface area contributed by atoms with E-state index in [0.29, 0.717) is 11.3 Å². The number of aromatic carboxylic acids is 1. The number of carbonyl (C=O) groups is 1. The van der Waals surface area contributed by atoms with Gasteiger partial charge in [-0.1, -0.05) is 35.3 Å². The van der Waals surface area contributed by atoms with E-state index in [9.17, 15) is 9.18 Å². The predicted octanol–water partition coefficient (Wildman–Crippen LogP) is 5.01. The number of hydrogen-bond acceptors (Lipinski definition) is 5. The van der Waals surface area contributed by atoms with Crippen molar-refractivity contribution in [1.29, 1.82) is 0 Å². The van der Waals surface area contributed by atoms with Crippen molar-refractivity contribution >= 4 is 35.0 Å². The molecule has 1 unspecified atom stereocenters. The van der Waals surface area contributed by atoms with Crippen LogP contribution in [0.5, 0.6) is 5.88 Å². The summed E-state index contributed by atoms with van der Waals surface area (Å²) in [4.78, 5) is 19.5. The molecule has 144 valence electrons. The molecule has 3 N–H and O–H groups in total. The van der Waals surface area contributed by atoms with E-state index in [0.717, 1.165) is 6.07 Å². The topological polar surface area (TPSA) is 98.3 Å². The molecule has 1 heterocycles. The van der Waals surface area contributed by atoms with E-state index >= 15 is 0 Å². The van der Waals surface area contributed by atoms with Crippen LogP contribution in [0.1, 0.15) is 28.9 Å². The average molecular weight is 422 g/mol. The Balaban J connectivity index is 1.96. The van der Waals surface area contributed by atoms with Gasteiger partial charge >= 0.3 is 5.97 Å². The largest absolute Gasteiger partial charge is 0.478 e. The van der Waals surface area contributed by atoms with Gasteiger partial charge in [0.05, 0.1) is 22.5 Å². The van der Waals surface area contributed by atoms with Crippen LogP contribution in [0.2, 0.25) is 10.0 Å². The van der Waals surface area contributed by atoms with Crippen molar-refractivity contribution in [1.82, 2.24) is 9.97 Å². The number of nitrogen functional groups attached to an aromatic ring is 1. The Kier molecular flexibility index (Phi) is 5.67. The van der Waals surface area contributed by atoms with E-state index in [2.05, 4.69) is 9.97 Å². The molecule has 0 aliphatic rings. The number of ether oxygens (including phenoxy) is 1. The first-order valence-electron chi connectivity index (χ1n) is 8.04. The van der Waals surface area contributed by atoms with Gasteiger partial charge < -0.3 is 15.6 Å². The van der Waals surface area contributed by atoms with E-state index in [4.69, 9.17) is 38.8 Å². The first kappa shape index (κ1) is 19.9. The maximum absolute atomic E-state index is 13.8. The van der Waals surface area contributed by atoms with Crippen molar-refractivity contribution in [3.63, 3.8) is 0 Å². The van der Waals surface area contributed by atoms with Gasteiger partial charge in [-0.3, -0.25) is 0 Å². The van der Waals surface area contributed by atoms with E-state index in [1.54, 1.807) is 19.1 Å². The molecule has 3 aromatic rings. The molecule has 1 atom stereocenters. The molecule has 1 aromatic heterocycles. The molecule has 0 spiro atoms. The van der Waals surface area contributed by atoms with Gasteiger partial charge in [0.15, 0.2) is 5.82 Å². The number of anilines is 1. The van der Waals surface area contributed by atoms with Crippen molar-refractivity contribution < 1.29 is 19.0 Å². The summed E-state index contributed by atoms with van der Waals surface area (Å²) in [6.45, 7) is 1.62. The van der Waals surface area contributed by atoms with Crippen LogP contribution in [0.3, 0.4) is 0 Å².